The van der Waals surface area contributed by atoms with Crippen LogP contribution in [0, 0.1) is 13.8 Å². The molecule has 2 heterocycles. The predicted octanol–water partition coefficient (Wildman–Crippen LogP) is 3.11. The van der Waals surface area contributed by atoms with Crippen molar-refractivity contribution in [3.63, 3.8) is 0 Å². The summed E-state index contributed by atoms with van der Waals surface area (Å²) in [6, 6.07) is 3.35. The quantitative estimate of drug-likeness (QED) is 0.910. The Morgan fingerprint density at radius 3 is 2.55 bits per heavy atom. The molecule has 0 saturated carbocycles. The van der Waals surface area contributed by atoms with Crippen molar-refractivity contribution in [1.29, 1.82) is 0 Å². The lowest BCUT2D eigenvalue weighted by molar-refractivity contribution is 0.102. The van der Waals surface area contributed by atoms with Crippen molar-refractivity contribution in [2.45, 2.75) is 33.6 Å². The second kappa shape index (κ2) is 5.58. The lowest BCUT2D eigenvalue weighted by Gasteiger charge is -2.08. The van der Waals surface area contributed by atoms with E-state index < -0.39 is 0 Å². The number of amides is 1. The maximum Gasteiger partial charge on any atom is 0.257 e. The molecule has 0 aliphatic carbocycles. The Hall–Kier alpha value is -1.95. The van der Waals surface area contributed by atoms with Crippen molar-refractivity contribution < 1.29 is 4.79 Å². The van der Waals surface area contributed by atoms with Crippen molar-refractivity contribution in [3.05, 3.63) is 34.0 Å². The van der Waals surface area contributed by atoms with Crippen LogP contribution in [0.15, 0.2) is 12.1 Å². The summed E-state index contributed by atoms with van der Waals surface area (Å²) in [4.78, 5) is 21.8. The summed E-state index contributed by atoms with van der Waals surface area (Å²) in [6.07, 6.45) is 0. The molecule has 0 spiro atoms. The smallest absolute Gasteiger partial charge is 0.257 e. The number of hydrogen-bond acceptors (Lipinski definition) is 5. The standard InChI is InChI=1S/C14H18N4OS/c1-7(2)11-5-10(6-12(15)17-11)13(19)18-14-16-8(3)9(4)20-14/h5-7H,1-4H3,(H2,15,17)(H,16,18,19). The topological polar surface area (TPSA) is 80.9 Å². The van der Waals surface area contributed by atoms with Crippen LogP contribution in [-0.4, -0.2) is 15.9 Å². The van der Waals surface area contributed by atoms with Crippen molar-refractivity contribution >= 4 is 28.2 Å². The summed E-state index contributed by atoms with van der Waals surface area (Å²) in [6.45, 7) is 7.92. The number of pyridine rings is 1. The molecule has 20 heavy (non-hydrogen) atoms. The summed E-state index contributed by atoms with van der Waals surface area (Å²) in [5.41, 5.74) is 8.00. The van der Waals surface area contributed by atoms with Gasteiger partial charge in [-0.25, -0.2) is 9.97 Å². The second-order valence-corrected chi connectivity index (χ2v) is 6.18. The van der Waals surface area contributed by atoms with E-state index in [-0.39, 0.29) is 11.8 Å². The zero-order valence-corrected chi connectivity index (χ0v) is 12.8. The van der Waals surface area contributed by atoms with Gasteiger partial charge in [-0.1, -0.05) is 13.8 Å². The Morgan fingerprint density at radius 1 is 1.30 bits per heavy atom. The first-order valence-corrected chi connectivity index (χ1v) is 7.21. The molecule has 1 amide bonds. The fourth-order valence-corrected chi connectivity index (χ4v) is 2.51. The van der Waals surface area contributed by atoms with Gasteiger partial charge in [0.15, 0.2) is 5.13 Å². The molecule has 2 rings (SSSR count). The number of rotatable bonds is 3. The molecule has 0 atom stereocenters. The number of thiazole rings is 1. The molecular weight excluding hydrogens is 272 g/mol. The molecule has 5 nitrogen and oxygen atoms in total. The fourth-order valence-electron chi connectivity index (χ4n) is 1.70. The number of nitrogens with zero attached hydrogens (tertiary/aromatic N) is 2. The highest BCUT2D eigenvalue weighted by molar-refractivity contribution is 7.15. The van der Waals surface area contributed by atoms with E-state index in [0.717, 1.165) is 16.3 Å². The number of nitrogen functional groups attached to an aromatic ring is 1. The van der Waals surface area contributed by atoms with Crippen LogP contribution >= 0.6 is 11.3 Å². The number of nitrogens with one attached hydrogen (secondary N) is 1. The monoisotopic (exact) mass is 290 g/mol. The number of hydrogen-bond donors (Lipinski definition) is 2. The van der Waals surface area contributed by atoms with Crippen LogP contribution in [-0.2, 0) is 0 Å². The van der Waals surface area contributed by atoms with Crippen LogP contribution in [0.3, 0.4) is 0 Å². The Kier molecular flexibility index (Phi) is 4.04. The molecule has 0 fully saturated rings. The van der Waals surface area contributed by atoms with E-state index in [2.05, 4.69) is 15.3 Å². The Bertz CT molecular complexity index is 629. The predicted molar refractivity (Wildman–Crippen MR) is 82.3 cm³/mol. The summed E-state index contributed by atoms with van der Waals surface area (Å²) in [5, 5.41) is 3.40. The van der Waals surface area contributed by atoms with Crippen molar-refractivity contribution in [1.82, 2.24) is 9.97 Å². The van der Waals surface area contributed by atoms with Crippen LogP contribution in [0.4, 0.5) is 10.9 Å². The lowest BCUT2D eigenvalue weighted by Crippen LogP contribution is -2.13. The van der Waals surface area contributed by atoms with Crippen molar-refractivity contribution in [3.8, 4) is 0 Å². The molecule has 0 radical (unpaired) electrons. The molecule has 0 saturated heterocycles. The molecule has 0 aromatic carbocycles. The highest BCUT2D eigenvalue weighted by atomic mass is 32.1. The van der Waals surface area contributed by atoms with Gasteiger partial charge < -0.3 is 5.73 Å². The summed E-state index contributed by atoms with van der Waals surface area (Å²) in [7, 11) is 0. The lowest BCUT2D eigenvalue weighted by atomic mass is 10.1. The minimum Gasteiger partial charge on any atom is -0.384 e. The van der Waals surface area contributed by atoms with Crippen LogP contribution in [0.1, 0.15) is 46.4 Å². The highest BCUT2D eigenvalue weighted by Crippen LogP contribution is 2.22. The van der Waals surface area contributed by atoms with Gasteiger partial charge in [0.2, 0.25) is 0 Å². The third kappa shape index (κ3) is 3.14. The first-order valence-electron chi connectivity index (χ1n) is 6.39. The molecule has 0 unspecified atom stereocenters. The van der Waals surface area contributed by atoms with E-state index in [9.17, 15) is 4.79 Å². The molecule has 0 aliphatic rings. The van der Waals surface area contributed by atoms with Crippen molar-refractivity contribution in [2.75, 3.05) is 11.1 Å². The number of aromatic nitrogens is 2. The van der Waals surface area contributed by atoms with Gasteiger partial charge in [0.05, 0.1) is 5.69 Å². The molecule has 2 aromatic rings. The van der Waals surface area contributed by atoms with Gasteiger partial charge in [-0.15, -0.1) is 11.3 Å². The maximum absolute atomic E-state index is 12.2. The van der Waals surface area contributed by atoms with E-state index >= 15 is 0 Å². The number of anilines is 2. The first kappa shape index (κ1) is 14.5. The minimum absolute atomic E-state index is 0.213. The average molecular weight is 290 g/mol. The fraction of sp³-hybridized carbons (Fsp3) is 0.357. The van der Waals surface area contributed by atoms with E-state index in [0.29, 0.717) is 16.5 Å². The van der Waals surface area contributed by atoms with Crippen LogP contribution in [0.5, 0.6) is 0 Å². The van der Waals surface area contributed by atoms with E-state index in [1.165, 1.54) is 11.3 Å². The Balaban J connectivity index is 2.24. The number of aryl methyl sites for hydroxylation is 2. The van der Waals surface area contributed by atoms with Gasteiger partial charge >= 0.3 is 0 Å². The third-order valence-corrected chi connectivity index (χ3v) is 3.96. The zero-order chi connectivity index (χ0) is 14.9. The summed E-state index contributed by atoms with van der Waals surface area (Å²) in [5.74, 6) is 0.358. The second-order valence-electron chi connectivity index (χ2n) is 4.97. The van der Waals surface area contributed by atoms with Gasteiger partial charge in [-0.3, -0.25) is 10.1 Å². The first-order chi connectivity index (χ1) is 9.36. The van der Waals surface area contributed by atoms with Gasteiger partial charge in [0.25, 0.3) is 5.91 Å². The van der Waals surface area contributed by atoms with Gasteiger partial charge in [-0.2, -0.15) is 0 Å². The number of carbonyl (C=O) groups is 1. The summed E-state index contributed by atoms with van der Waals surface area (Å²) < 4.78 is 0. The van der Waals surface area contributed by atoms with Crippen LogP contribution in [0.2, 0.25) is 0 Å². The Morgan fingerprint density at radius 2 is 2.00 bits per heavy atom. The van der Waals surface area contributed by atoms with Gasteiger partial charge in [0.1, 0.15) is 5.82 Å². The molecular formula is C14H18N4OS. The number of carbonyl (C=O) groups excluding carboxylic acids is 1. The minimum atomic E-state index is -0.213. The number of nitrogens with two attached hydrogens (primary N) is 1. The van der Waals surface area contributed by atoms with E-state index in [1.54, 1.807) is 12.1 Å². The molecule has 2 aromatic heterocycles. The molecule has 0 aliphatic heterocycles. The molecule has 6 heteroatoms. The average Bonchev–Trinajstić information content (AvgIpc) is 2.67. The van der Waals surface area contributed by atoms with Gasteiger partial charge in [-0.05, 0) is 31.9 Å². The largest absolute Gasteiger partial charge is 0.384 e. The maximum atomic E-state index is 12.2. The molecule has 0 bridgehead atoms. The van der Waals surface area contributed by atoms with Crippen LogP contribution in [0.25, 0.3) is 0 Å². The van der Waals surface area contributed by atoms with Crippen molar-refractivity contribution in [2.24, 2.45) is 0 Å². The van der Waals surface area contributed by atoms with E-state index in [4.69, 9.17) is 5.73 Å². The Labute approximate surface area is 122 Å². The SMILES string of the molecule is Cc1nc(NC(=O)c2cc(N)nc(C(C)C)c2)sc1C. The van der Waals surface area contributed by atoms with Crippen LogP contribution < -0.4 is 11.1 Å². The van der Waals surface area contributed by atoms with Gasteiger partial charge in [0, 0.05) is 16.1 Å². The summed E-state index contributed by atoms with van der Waals surface area (Å²) >= 11 is 1.46. The highest BCUT2D eigenvalue weighted by Gasteiger charge is 2.13. The zero-order valence-electron chi connectivity index (χ0n) is 12.0. The van der Waals surface area contributed by atoms with E-state index in [1.807, 2.05) is 27.7 Å². The molecule has 106 valence electrons. The normalized spacial score (nSPS) is 10.8. The molecule has 3 N–H and O–H groups in total. The third-order valence-electron chi connectivity index (χ3n) is 2.97.